The predicted molar refractivity (Wildman–Crippen MR) is 80.6 cm³/mol. The zero-order valence-electron chi connectivity index (χ0n) is 9.25. The Morgan fingerprint density at radius 2 is 2.11 bits per heavy atom. The molecule has 1 aliphatic rings. The number of ether oxygens (including phenoxy) is 1. The number of morpholine rings is 1. The fourth-order valence-corrected chi connectivity index (χ4v) is 2.97. The standard InChI is InChI=1S/C10H10BrCl2N3OS/c11-7-5-6(12)8(9(13)14-7)15-10(18)16-1-3-17-4-2-16/h5H,1-4H2,(H,15,18). The van der Waals surface area contributed by atoms with Crippen molar-refractivity contribution in [2.24, 2.45) is 0 Å². The van der Waals surface area contributed by atoms with E-state index in [0.717, 1.165) is 13.1 Å². The van der Waals surface area contributed by atoms with Gasteiger partial charge < -0.3 is 15.0 Å². The first-order chi connectivity index (χ1) is 8.58. The lowest BCUT2D eigenvalue weighted by Gasteiger charge is -2.29. The number of pyridine rings is 1. The Morgan fingerprint density at radius 1 is 1.44 bits per heavy atom. The highest BCUT2D eigenvalue weighted by molar-refractivity contribution is 9.10. The van der Waals surface area contributed by atoms with Crippen LogP contribution in [0.1, 0.15) is 0 Å². The summed E-state index contributed by atoms with van der Waals surface area (Å²) in [6.07, 6.45) is 0. The normalized spacial score (nSPS) is 15.6. The Balaban J connectivity index is 2.11. The van der Waals surface area contributed by atoms with Gasteiger partial charge in [-0.1, -0.05) is 23.2 Å². The second kappa shape index (κ2) is 6.34. The molecule has 1 fully saturated rings. The Kier molecular flexibility index (Phi) is 5.03. The molecular formula is C10H10BrCl2N3OS. The van der Waals surface area contributed by atoms with Gasteiger partial charge in [0.1, 0.15) is 4.60 Å². The summed E-state index contributed by atoms with van der Waals surface area (Å²) < 4.78 is 5.85. The summed E-state index contributed by atoms with van der Waals surface area (Å²) in [5.41, 5.74) is 0.526. The molecule has 0 aliphatic carbocycles. The first-order valence-electron chi connectivity index (χ1n) is 5.23. The molecule has 0 spiro atoms. The molecule has 0 aromatic carbocycles. The van der Waals surface area contributed by atoms with E-state index in [9.17, 15) is 0 Å². The molecule has 0 radical (unpaired) electrons. The minimum Gasteiger partial charge on any atom is -0.378 e. The van der Waals surface area contributed by atoms with Gasteiger partial charge in [0.2, 0.25) is 0 Å². The van der Waals surface area contributed by atoms with E-state index >= 15 is 0 Å². The van der Waals surface area contributed by atoms with Crippen LogP contribution in [-0.2, 0) is 4.74 Å². The maximum atomic E-state index is 6.10. The topological polar surface area (TPSA) is 37.4 Å². The maximum Gasteiger partial charge on any atom is 0.173 e. The van der Waals surface area contributed by atoms with Gasteiger partial charge in [-0.25, -0.2) is 4.98 Å². The number of rotatable bonds is 1. The van der Waals surface area contributed by atoms with Crippen molar-refractivity contribution in [3.63, 3.8) is 0 Å². The summed E-state index contributed by atoms with van der Waals surface area (Å²) in [5, 5.41) is 4.36. The summed E-state index contributed by atoms with van der Waals surface area (Å²) in [4.78, 5) is 6.07. The molecule has 1 aromatic rings. The predicted octanol–water partition coefficient (Wildman–Crippen LogP) is 3.18. The highest BCUT2D eigenvalue weighted by Crippen LogP contribution is 2.31. The van der Waals surface area contributed by atoms with Crippen LogP contribution in [0.3, 0.4) is 0 Å². The summed E-state index contributed by atoms with van der Waals surface area (Å²) >= 11 is 20.7. The van der Waals surface area contributed by atoms with Crippen molar-refractivity contribution >= 4 is 62.1 Å². The van der Waals surface area contributed by atoms with Gasteiger partial charge in [-0.3, -0.25) is 0 Å². The summed E-state index contributed by atoms with van der Waals surface area (Å²) in [6, 6.07) is 1.66. The monoisotopic (exact) mass is 369 g/mol. The van der Waals surface area contributed by atoms with E-state index in [4.69, 9.17) is 40.2 Å². The molecule has 0 saturated carbocycles. The molecule has 98 valence electrons. The lowest BCUT2D eigenvalue weighted by Crippen LogP contribution is -2.43. The minimum atomic E-state index is 0.282. The molecule has 1 N–H and O–H groups in total. The van der Waals surface area contributed by atoms with Gasteiger partial charge in [0.15, 0.2) is 10.3 Å². The largest absolute Gasteiger partial charge is 0.378 e. The van der Waals surface area contributed by atoms with E-state index in [1.807, 2.05) is 4.90 Å². The number of hydrogen-bond acceptors (Lipinski definition) is 3. The molecule has 8 heteroatoms. The first kappa shape index (κ1) is 14.3. The Bertz CT molecular complexity index is 445. The van der Waals surface area contributed by atoms with Crippen molar-refractivity contribution in [3.8, 4) is 0 Å². The molecule has 0 bridgehead atoms. The third-order valence-electron chi connectivity index (χ3n) is 2.43. The molecule has 4 nitrogen and oxygen atoms in total. The lowest BCUT2D eigenvalue weighted by molar-refractivity contribution is 0.0690. The van der Waals surface area contributed by atoms with Crippen LogP contribution in [0.15, 0.2) is 10.7 Å². The number of anilines is 1. The highest BCUT2D eigenvalue weighted by Gasteiger charge is 2.16. The average molecular weight is 371 g/mol. The first-order valence-corrected chi connectivity index (χ1v) is 7.19. The number of nitrogens with one attached hydrogen (secondary N) is 1. The van der Waals surface area contributed by atoms with Crippen molar-refractivity contribution in [1.29, 1.82) is 0 Å². The van der Waals surface area contributed by atoms with Crippen molar-refractivity contribution in [1.82, 2.24) is 9.88 Å². The van der Waals surface area contributed by atoms with E-state index in [1.54, 1.807) is 6.07 Å². The van der Waals surface area contributed by atoms with Gasteiger partial charge in [-0.05, 0) is 34.2 Å². The summed E-state index contributed by atoms with van der Waals surface area (Å²) in [6.45, 7) is 2.85. The van der Waals surface area contributed by atoms with Crippen LogP contribution in [0.4, 0.5) is 5.69 Å². The second-order valence-corrected chi connectivity index (χ2v) is 5.59. The third-order valence-corrected chi connectivity index (χ3v) is 3.76. The fraction of sp³-hybridized carbons (Fsp3) is 0.400. The highest BCUT2D eigenvalue weighted by atomic mass is 79.9. The van der Waals surface area contributed by atoms with Crippen molar-refractivity contribution in [2.75, 3.05) is 31.6 Å². The van der Waals surface area contributed by atoms with Crippen LogP contribution in [0, 0.1) is 0 Å². The molecular weight excluding hydrogens is 361 g/mol. The lowest BCUT2D eigenvalue weighted by atomic mass is 10.4. The van der Waals surface area contributed by atoms with E-state index < -0.39 is 0 Å². The summed E-state index contributed by atoms with van der Waals surface area (Å²) in [5.74, 6) is 0. The number of hydrogen-bond donors (Lipinski definition) is 1. The van der Waals surface area contributed by atoms with E-state index in [1.165, 1.54) is 0 Å². The Hall–Kier alpha value is -0.140. The molecule has 0 atom stereocenters. The molecule has 1 saturated heterocycles. The smallest absolute Gasteiger partial charge is 0.173 e. The van der Waals surface area contributed by atoms with Crippen LogP contribution in [0.5, 0.6) is 0 Å². The zero-order chi connectivity index (χ0) is 13.1. The van der Waals surface area contributed by atoms with Crippen molar-refractivity contribution in [2.45, 2.75) is 0 Å². The minimum absolute atomic E-state index is 0.282. The van der Waals surface area contributed by atoms with Crippen LogP contribution in [0.2, 0.25) is 10.2 Å². The maximum absolute atomic E-state index is 6.10. The zero-order valence-corrected chi connectivity index (χ0v) is 13.2. The number of aromatic nitrogens is 1. The van der Waals surface area contributed by atoms with Gasteiger partial charge in [-0.2, -0.15) is 0 Å². The van der Waals surface area contributed by atoms with Crippen LogP contribution in [-0.4, -0.2) is 41.3 Å². The van der Waals surface area contributed by atoms with Crippen molar-refractivity contribution < 1.29 is 4.74 Å². The molecule has 0 amide bonds. The van der Waals surface area contributed by atoms with Gasteiger partial charge in [0, 0.05) is 13.1 Å². The Morgan fingerprint density at radius 3 is 2.72 bits per heavy atom. The van der Waals surface area contributed by atoms with Crippen LogP contribution < -0.4 is 5.32 Å². The average Bonchev–Trinajstić information content (AvgIpc) is 2.34. The molecule has 1 aromatic heterocycles. The second-order valence-electron chi connectivity index (χ2n) is 3.62. The number of thiocarbonyl (C=S) groups is 1. The van der Waals surface area contributed by atoms with Gasteiger partial charge >= 0.3 is 0 Å². The van der Waals surface area contributed by atoms with Crippen LogP contribution in [0.25, 0.3) is 0 Å². The quantitative estimate of drug-likeness (QED) is 0.607. The molecule has 2 rings (SSSR count). The van der Waals surface area contributed by atoms with Gasteiger partial charge in [-0.15, -0.1) is 0 Å². The third kappa shape index (κ3) is 3.45. The van der Waals surface area contributed by atoms with Gasteiger partial charge in [0.25, 0.3) is 0 Å². The van der Waals surface area contributed by atoms with Crippen molar-refractivity contribution in [3.05, 3.63) is 20.8 Å². The van der Waals surface area contributed by atoms with Crippen LogP contribution >= 0.6 is 51.3 Å². The molecule has 18 heavy (non-hydrogen) atoms. The number of halogens is 3. The van der Waals surface area contributed by atoms with Gasteiger partial charge in [0.05, 0.1) is 23.9 Å². The fourth-order valence-electron chi connectivity index (χ4n) is 1.52. The molecule has 0 unspecified atom stereocenters. The van der Waals surface area contributed by atoms with E-state index in [0.29, 0.717) is 33.6 Å². The van der Waals surface area contributed by atoms with E-state index in [-0.39, 0.29) is 5.15 Å². The van der Waals surface area contributed by atoms with E-state index in [2.05, 4.69) is 26.2 Å². The molecule has 1 aliphatic heterocycles. The Labute approximate surface area is 129 Å². The molecule has 2 heterocycles. The summed E-state index contributed by atoms with van der Waals surface area (Å²) in [7, 11) is 0. The number of nitrogens with zero attached hydrogens (tertiary/aromatic N) is 2. The SMILES string of the molecule is S=C(Nc1c(Cl)cc(Br)nc1Cl)N1CCOCC1.